The zero-order chi connectivity index (χ0) is 20.1. The number of nitrogens with one attached hydrogen (secondary N) is 1. The first-order chi connectivity index (χ1) is 13.4. The van der Waals surface area contributed by atoms with Crippen LogP contribution in [0.25, 0.3) is 0 Å². The number of carbonyl (C=O) groups excluding carboxylic acids is 2. The minimum absolute atomic E-state index is 0.0145. The van der Waals surface area contributed by atoms with Crippen LogP contribution in [0.15, 0.2) is 18.2 Å². The Hall–Kier alpha value is -1.97. The van der Waals surface area contributed by atoms with Crippen LogP contribution in [-0.4, -0.2) is 73.7 Å². The number of nitrogens with zero attached hydrogens (tertiary/aromatic N) is 2. The molecule has 0 saturated carbocycles. The molecule has 0 bridgehead atoms. The number of anilines is 1. The van der Waals surface area contributed by atoms with Gasteiger partial charge < -0.3 is 19.7 Å². The van der Waals surface area contributed by atoms with Gasteiger partial charge in [-0.1, -0.05) is 11.6 Å². The lowest BCUT2D eigenvalue weighted by atomic mass is 10.2. The minimum Gasteiger partial charge on any atom is -0.433 e. The summed E-state index contributed by atoms with van der Waals surface area (Å²) in [5, 5.41) is 2.67. The van der Waals surface area contributed by atoms with Crippen LogP contribution in [0.1, 0.15) is 12.8 Å². The van der Waals surface area contributed by atoms with Crippen molar-refractivity contribution in [3.05, 3.63) is 23.2 Å². The van der Waals surface area contributed by atoms with Crippen molar-refractivity contribution in [2.24, 2.45) is 0 Å². The Balaban J connectivity index is 1.44. The monoisotopic (exact) mass is 417 g/mol. The van der Waals surface area contributed by atoms with E-state index in [0.717, 1.165) is 12.8 Å². The number of hydrogen-bond donors (Lipinski definition) is 1. The lowest BCUT2D eigenvalue weighted by Gasteiger charge is -2.35. The maximum absolute atomic E-state index is 12.3. The van der Waals surface area contributed by atoms with Gasteiger partial charge in [0.25, 0.3) is 5.91 Å². The molecule has 2 saturated heterocycles. The Bertz CT molecular complexity index is 708. The zero-order valence-corrected chi connectivity index (χ0v) is 16.0. The predicted octanol–water partition coefficient (Wildman–Crippen LogP) is 2.20. The fourth-order valence-corrected chi connectivity index (χ4v) is 3.50. The molecule has 0 aliphatic carbocycles. The van der Waals surface area contributed by atoms with E-state index in [9.17, 15) is 18.4 Å². The van der Waals surface area contributed by atoms with E-state index < -0.39 is 6.61 Å². The van der Waals surface area contributed by atoms with E-state index in [4.69, 9.17) is 16.3 Å². The van der Waals surface area contributed by atoms with Gasteiger partial charge in [-0.2, -0.15) is 8.78 Å². The van der Waals surface area contributed by atoms with E-state index in [0.29, 0.717) is 38.5 Å². The quantitative estimate of drug-likeness (QED) is 0.768. The summed E-state index contributed by atoms with van der Waals surface area (Å²) in [6.45, 7) is 0.116. The first-order valence-electron chi connectivity index (χ1n) is 9.09. The van der Waals surface area contributed by atoms with Gasteiger partial charge in [0.15, 0.2) is 0 Å². The van der Waals surface area contributed by atoms with Crippen LogP contribution >= 0.6 is 11.6 Å². The van der Waals surface area contributed by atoms with Crippen LogP contribution in [0.3, 0.4) is 0 Å². The predicted molar refractivity (Wildman–Crippen MR) is 98.7 cm³/mol. The van der Waals surface area contributed by atoms with E-state index >= 15 is 0 Å². The first kappa shape index (κ1) is 20.8. The molecule has 2 heterocycles. The van der Waals surface area contributed by atoms with Crippen molar-refractivity contribution in [3.63, 3.8) is 0 Å². The maximum atomic E-state index is 12.3. The molecular formula is C18H22ClF2N3O4. The maximum Gasteiger partial charge on any atom is 0.387 e. The summed E-state index contributed by atoms with van der Waals surface area (Å²) in [6, 6.07) is 4.08. The summed E-state index contributed by atoms with van der Waals surface area (Å²) in [7, 11) is 0. The van der Waals surface area contributed by atoms with Crippen molar-refractivity contribution in [1.82, 2.24) is 9.80 Å². The lowest BCUT2D eigenvalue weighted by molar-refractivity contribution is -0.142. The topological polar surface area (TPSA) is 71.1 Å². The van der Waals surface area contributed by atoms with Crippen molar-refractivity contribution in [2.75, 3.05) is 44.6 Å². The summed E-state index contributed by atoms with van der Waals surface area (Å²) >= 11 is 5.88. The third-order valence-corrected chi connectivity index (χ3v) is 4.98. The summed E-state index contributed by atoms with van der Waals surface area (Å²) in [6.07, 6.45) is 1.36. The molecule has 7 nitrogen and oxygen atoms in total. The molecule has 2 aliphatic heterocycles. The first-order valence-corrected chi connectivity index (χ1v) is 9.47. The lowest BCUT2D eigenvalue weighted by Crippen LogP contribution is -2.52. The molecule has 2 amide bonds. The fourth-order valence-electron chi connectivity index (χ4n) is 3.28. The van der Waals surface area contributed by atoms with E-state index in [1.165, 1.54) is 18.2 Å². The number of carbonyl (C=O) groups is 2. The molecule has 0 radical (unpaired) electrons. The van der Waals surface area contributed by atoms with Gasteiger partial charge in [-0.05, 0) is 31.0 Å². The molecule has 0 unspecified atom stereocenters. The fraction of sp³-hybridized carbons (Fsp3) is 0.556. The Labute approximate surface area is 166 Å². The molecule has 28 heavy (non-hydrogen) atoms. The molecule has 1 aromatic carbocycles. The SMILES string of the molecule is O=C(CN1CCN(C(=O)[C@@H]2CCCO2)CC1)Nc1ccc(OC(F)F)c(Cl)c1. The highest BCUT2D eigenvalue weighted by Crippen LogP contribution is 2.29. The van der Waals surface area contributed by atoms with Crippen LogP contribution in [0.5, 0.6) is 5.75 Å². The van der Waals surface area contributed by atoms with Crippen LogP contribution in [0.4, 0.5) is 14.5 Å². The van der Waals surface area contributed by atoms with Crippen LogP contribution < -0.4 is 10.1 Å². The number of ether oxygens (including phenoxy) is 2. The van der Waals surface area contributed by atoms with Gasteiger partial charge in [-0.25, -0.2) is 0 Å². The van der Waals surface area contributed by atoms with Crippen LogP contribution in [-0.2, 0) is 14.3 Å². The van der Waals surface area contributed by atoms with Crippen molar-refractivity contribution in [1.29, 1.82) is 0 Å². The number of piperazine rings is 1. The van der Waals surface area contributed by atoms with Gasteiger partial charge in [-0.3, -0.25) is 14.5 Å². The van der Waals surface area contributed by atoms with Gasteiger partial charge in [0.05, 0.1) is 11.6 Å². The van der Waals surface area contributed by atoms with E-state index in [1.54, 1.807) is 4.90 Å². The largest absolute Gasteiger partial charge is 0.433 e. The highest BCUT2D eigenvalue weighted by Gasteiger charge is 2.30. The Morgan fingerprint density at radius 2 is 2.04 bits per heavy atom. The second kappa shape index (κ2) is 9.49. The summed E-state index contributed by atoms with van der Waals surface area (Å²) < 4.78 is 34.2. The number of hydrogen-bond acceptors (Lipinski definition) is 5. The van der Waals surface area contributed by atoms with Crippen molar-refractivity contribution in [2.45, 2.75) is 25.6 Å². The Morgan fingerprint density at radius 1 is 1.29 bits per heavy atom. The third kappa shape index (κ3) is 5.52. The number of benzene rings is 1. The minimum atomic E-state index is -2.97. The van der Waals surface area contributed by atoms with Gasteiger partial charge in [0.1, 0.15) is 11.9 Å². The van der Waals surface area contributed by atoms with Gasteiger partial charge in [-0.15, -0.1) is 0 Å². The highest BCUT2D eigenvalue weighted by molar-refractivity contribution is 6.32. The standard InChI is InChI=1S/C18H22ClF2N3O4/c19-13-10-12(3-4-14(13)28-18(20)21)22-16(25)11-23-5-7-24(8-6-23)17(26)15-2-1-9-27-15/h3-4,10,15,18H,1-2,5-9,11H2,(H,22,25)/t15-/m0/s1. The summed E-state index contributed by atoms with van der Waals surface area (Å²) in [4.78, 5) is 28.3. The third-order valence-electron chi connectivity index (χ3n) is 4.69. The molecule has 0 spiro atoms. The number of rotatable bonds is 6. The molecule has 10 heteroatoms. The van der Waals surface area contributed by atoms with Crippen molar-refractivity contribution < 1.29 is 27.8 Å². The number of amides is 2. The Morgan fingerprint density at radius 3 is 2.64 bits per heavy atom. The molecule has 1 N–H and O–H groups in total. The van der Waals surface area contributed by atoms with Crippen LogP contribution in [0, 0.1) is 0 Å². The van der Waals surface area contributed by atoms with Crippen molar-refractivity contribution in [3.8, 4) is 5.75 Å². The van der Waals surface area contributed by atoms with Crippen molar-refractivity contribution >= 4 is 29.1 Å². The summed E-state index contributed by atoms with van der Waals surface area (Å²) in [5.41, 5.74) is 0.392. The molecule has 154 valence electrons. The summed E-state index contributed by atoms with van der Waals surface area (Å²) in [5.74, 6) is -0.374. The average molecular weight is 418 g/mol. The van der Waals surface area contributed by atoms with E-state index in [2.05, 4.69) is 10.1 Å². The second-order valence-corrected chi connectivity index (χ2v) is 7.08. The van der Waals surface area contributed by atoms with Crippen LogP contribution in [0.2, 0.25) is 5.02 Å². The normalized spacial score (nSPS) is 20.4. The highest BCUT2D eigenvalue weighted by atomic mass is 35.5. The molecular weight excluding hydrogens is 396 g/mol. The van der Waals surface area contributed by atoms with E-state index in [-0.39, 0.29) is 35.2 Å². The van der Waals surface area contributed by atoms with Gasteiger partial charge >= 0.3 is 6.61 Å². The van der Waals surface area contributed by atoms with Gasteiger partial charge in [0.2, 0.25) is 5.91 Å². The second-order valence-electron chi connectivity index (χ2n) is 6.67. The number of alkyl halides is 2. The molecule has 2 fully saturated rings. The molecule has 0 aromatic heterocycles. The average Bonchev–Trinajstić information content (AvgIpc) is 3.18. The zero-order valence-electron chi connectivity index (χ0n) is 15.2. The Kier molecular flexibility index (Phi) is 7.03. The smallest absolute Gasteiger partial charge is 0.387 e. The van der Waals surface area contributed by atoms with E-state index in [1.807, 2.05) is 4.90 Å². The number of halogens is 3. The molecule has 3 rings (SSSR count). The molecule has 2 aliphatic rings. The van der Waals surface area contributed by atoms with Gasteiger partial charge in [0, 0.05) is 38.5 Å². The molecule has 1 atom stereocenters. The molecule has 1 aromatic rings.